The average molecular weight is 446 g/mol. The summed E-state index contributed by atoms with van der Waals surface area (Å²) in [6.07, 6.45) is 0. The van der Waals surface area contributed by atoms with Crippen LogP contribution in [-0.2, 0) is 7.05 Å². The van der Waals surface area contributed by atoms with Crippen molar-refractivity contribution in [2.24, 2.45) is 7.05 Å². The van der Waals surface area contributed by atoms with Gasteiger partial charge in [0.2, 0.25) is 5.69 Å². The summed E-state index contributed by atoms with van der Waals surface area (Å²) in [4.78, 5) is 0. The number of furan rings is 1. The van der Waals surface area contributed by atoms with Gasteiger partial charge in [-0.05, 0) is 48.6 Å². The Bertz CT molecular complexity index is 1610. The van der Waals surface area contributed by atoms with Gasteiger partial charge in [0, 0.05) is 35.4 Å². The van der Waals surface area contributed by atoms with Crippen LogP contribution in [0, 0.1) is 32.1 Å². The normalized spacial score (nSPS) is 11.5. The number of aromatic nitrogens is 1. The van der Waals surface area contributed by atoms with E-state index in [1.807, 2.05) is 12.1 Å². The van der Waals surface area contributed by atoms with Gasteiger partial charge in [-0.15, -0.1) is 0 Å². The number of aryl methyl sites for hydroxylation is 3. The maximum Gasteiger partial charge on any atom is 0.216 e. The molecule has 0 aliphatic rings. The number of hydrogen-bond donors (Lipinski definition) is 0. The van der Waals surface area contributed by atoms with Gasteiger partial charge >= 0.3 is 0 Å². The quantitative estimate of drug-likeness (QED) is 0.267. The summed E-state index contributed by atoms with van der Waals surface area (Å²) in [6, 6.07) is 23.5. The van der Waals surface area contributed by atoms with E-state index in [9.17, 15) is 5.26 Å². The van der Waals surface area contributed by atoms with Crippen LogP contribution in [-0.4, -0.2) is 0 Å². The summed E-state index contributed by atoms with van der Waals surface area (Å²) < 4.78 is 8.94. The third-order valence-corrected chi connectivity index (χ3v) is 6.97. The number of pyridine rings is 1. The second-order valence-electron chi connectivity index (χ2n) is 9.61. The van der Waals surface area contributed by atoms with Crippen LogP contribution in [0.1, 0.15) is 47.7 Å². The molecule has 34 heavy (non-hydrogen) atoms. The van der Waals surface area contributed by atoms with Gasteiger partial charge in [-0.3, -0.25) is 0 Å². The lowest BCUT2D eigenvalue weighted by Crippen LogP contribution is -2.35. The lowest BCUT2D eigenvalue weighted by Gasteiger charge is -2.11. The van der Waals surface area contributed by atoms with Crippen molar-refractivity contribution in [2.75, 3.05) is 0 Å². The molecule has 3 heteroatoms. The molecule has 0 bridgehead atoms. The summed E-state index contributed by atoms with van der Waals surface area (Å²) in [5.41, 5.74) is 11.4. The lowest BCUT2D eigenvalue weighted by molar-refractivity contribution is -0.666. The second kappa shape index (κ2) is 8.15. The van der Waals surface area contributed by atoms with Crippen molar-refractivity contribution in [1.29, 1.82) is 5.26 Å². The number of benzene rings is 3. The molecular formula is C31H29N2O+. The maximum absolute atomic E-state index is 9.93. The second-order valence-corrected chi connectivity index (χ2v) is 9.61. The summed E-state index contributed by atoms with van der Waals surface area (Å²) in [7, 11) is 2.11. The molecular weight excluding hydrogens is 416 g/mol. The van der Waals surface area contributed by atoms with Gasteiger partial charge in [0.05, 0.1) is 17.2 Å². The molecule has 168 valence electrons. The van der Waals surface area contributed by atoms with Crippen LogP contribution in [0.25, 0.3) is 44.3 Å². The van der Waals surface area contributed by atoms with Gasteiger partial charge in [0.25, 0.3) is 0 Å². The SMILES string of the molecule is Cc1ccc(-c2ccc(C#N)c3c2oc2c(-c4cc(C(C)C)cc(C)[n+]4C)c(C)ccc23)cc1. The number of rotatable bonds is 3. The van der Waals surface area contributed by atoms with Crippen LogP contribution in [0.3, 0.4) is 0 Å². The van der Waals surface area contributed by atoms with Gasteiger partial charge in [0.15, 0.2) is 5.69 Å². The zero-order chi connectivity index (χ0) is 24.1. The molecule has 2 heterocycles. The van der Waals surface area contributed by atoms with Crippen LogP contribution >= 0.6 is 0 Å². The van der Waals surface area contributed by atoms with Crippen molar-refractivity contribution in [3.63, 3.8) is 0 Å². The molecule has 0 aliphatic heterocycles. The number of nitrogens with zero attached hydrogens (tertiary/aromatic N) is 2. The molecule has 0 unspecified atom stereocenters. The predicted octanol–water partition coefficient (Wildman–Crippen LogP) is 7.66. The molecule has 0 aliphatic carbocycles. The highest BCUT2D eigenvalue weighted by Crippen LogP contribution is 2.42. The van der Waals surface area contributed by atoms with Crippen molar-refractivity contribution >= 4 is 21.9 Å². The van der Waals surface area contributed by atoms with E-state index in [0.717, 1.165) is 49.9 Å². The summed E-state index contributed by atoms with van der Waals surface area (Å²) in [6.45, 7) is 10.8. The molecule has 5 aromatic rings. The first-order valence-corrected chi connectivity index (χ1v) is 11.8. The molecule has 3 nitrogen and oxygen atoms in total. The molecule has 0 atom stereocenters. The van der Waals surface area contributed by atoms with E-state index in [2.05, 4.69) is 101 Å². The highest BCUT2D eigenvalue weighted by molar-refractivity contribution is 6.15. The fourth-order valence-electron chi connectivity index (χ4n) is 4.81. The van der Waals surface area contributed by atoms with E-state index in [1.165, 1.54) is 16.8 Å². The number of hydrogen-bond acceptors (Lipinski definition) is 2. The van der Waals surface area contributed by atoms with E-state index in [4.69, 9.17) is 4.42 Å². The van der Waals surface area contributed by atoms with Crippen LogP contribution in [0.15, 0.2) is 65.1 Å². The minimum absolute atomic E-state index is 0.423. The minimum Gasteiger partial charge on any atom is -0.454 e. The average Bonchev–Trinajstić information content (AvgIpc) is 3.20. The molecule has 0 radical (unpaired) electrons. The van der Waals surface area contributed by atoms with E-state index in [0.29, 0.717) is 11.5 Å². The topological polar surface area (TPSA) is 40.8 Å². The minimum atomic E-state index is 0.423. The highest BCUT2D eigenvalue weighted by Gasteiger charge is 2.25. The smallest absolute Gasteiger partial charge is 0.216 e. The Hall–Kier alpha value is -3.90. The largest absolute Gasteiger partial charge is 0.454 e. The predicted molar refractivity (Wildman–Crippen MR) is 139 cm³/mol. The van der Waals surface area contributed by atoms with Gasteiger partial charge in [-0.25, -0.2) is 0 Å². The Morgan fingerprint density at radius 2 is 1.62 bits per heavy atom. The molecule has 2 aromatic heterocycles. The van der Waals surface area contributed by atoms with Crippen molar-refractivity contribution in [2.45, 2.75) is 40.5 Å². The third kappa shape index (κ3) is 3.38. The van der Waals surface area contributed by atoms with Gasteiger partial charge in [-0.2, -0.15) is 9.83 Å². The molecule has 0 fully saturated rings. The Morgan fingerprint density at radius 1 is 0.882 bits per heavy atom. The van der Waals surface area contributed by atoms with Crippen molar-refractivity contribution in [3.8, 4) is 28.5 Å². The Kier molecular flexibility index (Phi) is 5.25. The fourth-order valence-corrected chi connectivity index (χ4v) is 4.81. The monoisotopic (exact) mass is 445 g/mol. The van der Waals surface area contributed by atoms with Crippen LogP contribution in [0.5, 0.6) is 0 Å². The zero-order valence-electron chi connectivity index (χ0n) is 20.7. The van der Waals surface area contributed by atoms with E-state index in [-0.39, 0.29) is 0 Å². The fraction of sp³-hybridized carbons (Fsp3) is 0.226. The molecule has 0 N–H and O–H groups in total. The van der Waals surface area contributed by atoms with Crippen LogP contribution in [0.4, 0.5) is 0 Å². The first kappa shape index (κ1) is 21.9. The Labute approximate surface area is 200 Å². The summed E-state index contributed by atoms with van der Waals surface area (Å²) in [5.74, 6) is 0.423. The number of fused-ring (bicyclic) bond motifs is 3. The van der Waals surface area contributed by atoms with Crippen LogP contribution < -0.4 is 4.57 Å². The molecule has 3 aromatic carbocycles. The molecule has 0 amide bonds. The Balaban J connectivity index is 1.91. The van der Waals surface area contributed by atoms with Gasteiger partial charge in [-0.1, -0.05) is 55.8 Å². The summed E-state index contributed by atoms with van der Waals surface area (Å²) in [5, 5.41) is 11.8. The highest BCUT2D eigenvalue weighted by atomic mass is 16.3. The maximum atomic E-state index is 9.93. The van der Waals surface area contributed by atoms with Crippen molar-refractivity contribution in [1.82, 2.24) is 0 Å². The first-order valence-electron chi connectivity index (χ1n) is 11.8. The van der Waals surface area contributed by atoms with E-state index < -0.39 is 0 Å². The molecule has 5 rings (SSSR count). The summed E-state index contributed by atoms with van der Waals surface area (Å²) >= 11 is 0. The lowest BCUT2D eigenvalue weighted by atomic mass is 9.95. The van der Waals surface area contributed by atoms with E-state index >= 15 is 0 Å². The third-order valence-electron chi connectivity index (χ3n) is 6.97. The van der Waals surface area contributed by atoms with Crippen molar-refractivity contribution in [3.05, 3.63) is 88.6 Å². The molecule has 0 spiro atoms. The standard InChI is InChI=1S/C31H29N2O/c1-18(2)24-15-21(5)33(6)27(16-24)28-20(4)9-13-26-29-23(17-32)12-14-25(30(29)34-31(26)28)22-10-7-19(3)8-11-22/h7-16,18H,1-6H3/q+1. The van der Waals surface area contributed by atoms with E-state index in [1.54, 1.807) is 0 Å². The van der Waals surface area contributed by atoms with Crippen molar-refractivity contribution < 1.29 is 8.98 Å². The Morgan fingerprint density at radius 3 is 2.29 bits per heavy atom. The van der Waals surface area contributed by atoms with Gasteiger partial charge in [0.1, 0.15) is 18.2 Å². The number of nitriles is 1. The van der Waals surface area contributed by atoms with Crippen LogP contribution in [0.2, 0.25) is 0 Å². The molecule has 0 saturated carbocycles. The molecule has 0 saturated heterocycles. The van der Waals surface area contributed by atoms with Gasteiger partial charge < -0.3 is 4.42 Å². The zero-order valence-corrected chi connectivity index (χ0v) is 20.7. The first-order chi connectivity index (χ1) is 16.3.